The first-order valence-electron chi connectivity index (χ1n) is 12.7. The zero-order valence-electron chi connectivity index (χ0n) is 23.1. The Morgan fingerprint density at radius 3 is 2.21 bits per heavy atom. The normalized spacial score (nSPS) is 15.9. The van der Waals surface area contributed by atoms with Crippen molar-refractivity contribution in [2.45, 2.75) is 43.5 Å². The topological polar surface area (TPSA) is 120 Å². The zero-order valence-corrected chi connectivity index (χ0v) is 24.8. The lowest BCUT2D eigenvalue weighted by Crippen LogP contribution is -2.44. The Morgan fingerprint density at radius 2 is 1.63 bits per heavy atom. The van der Waals surface area contributed by atoms with Gasteiger partial charge in [0.05, 0.1) is 34.4 Å². The van der Waals surface area contributed by atoms with Crippen molar-refractivity contribution in [3.63, 3.8) is 0 Å². The molecule has 1 N–H and O–H groups in total. The van der Waals surface area contributed by atoms with Crippen LogP contribution in [0.15, 0.2) is 71.6 Å². The standard InChI is InChI=1S/C29H26F3N3O6S2/c1-18-4-12-24(13-5-18)43(38,39)41-17-22(36)16-40-23-10-8-20(9-11-23)35-27(42)34(26(37)28(35,2)3)21-7-6-19(15-33)25(14-21)29(30,31)32/h4-14,22,36H,16-17H2,1-3H3/t22-/m1/s1. The van der Waals surface area contributed by atoms with Gasteiger partial charge in [-0.1, -0.05) is 17.7 Å². The Balaban J connectivity index is 1.44. The van der Waals surface area contributed by atoms with Crippen LogP contribution in [-0.2, 0) is 25.3 Å². The molecule has 1 amide bonds. The molecule has 3 aromatic rings. The molecule has 0 aromatic heterocycles. The Labute approximate surface area is 251 Å². The van der Waals surface area contributed by atoms with Crippen molar-refractivity contribution in [3.8, 4) is 11.8 Å². The summed E-state index contributed by atoms with van der Waals surface area (Å²) in [6.45, 7) is 4.13. The van der Waals surface area contributed by atoms with Crippen LogP contribution in [0.25, 0.3) is 0 Å². The van der Waals surface area contributed by atoms with Crippen LogP contribution in [0.3, 0.4) is 0 Å². The number of hydrogen-bond donors (Lipinski definition) is 1. The average Bonchev–Trinajstić information content (AvgIpc) is 3.13. The van der Waals surface area contributed by atoms with E-state index in [9.17, 15) is 31.5 Å². The van der Waals surface area contributed by atoms with Crippen LogP contribution in [0.1, 0.15) is 30.5 Å². The van der Waals surface area contributed by atoms with Gasteiger partial charge in [-0.05, 0) is 87.6 Å². The van der Waals surface area contributed by atoms with Crippen LogP contribution < -0.4 is 14.5 Å². The van der Waals surface area contributed by atoms with Crippen molar-refractivity contribution in [2.24, 2.45) is 0 Å². The van der Waals surface area contributed by atoms with Gasteiger partial charge in [0.2, 0.25) is 0 Å². The number of ether oxygens (including phenoxy) is 1. The van der Waals surface area contributed by atoms with Crippen molar-refractivity contribution in [1.82, 2.24) is 0 Å². The summed E-state index contributed by atoms with van der Waals surface area (Å²) in [6.07, 6.45) is -6.09. The lowest BCUT2D eigenvalue weighted by atomic mass is 10.0. The fourth-order valence-corrected chi connectivity index (χ4v) is 5.80. The number of carbonyl (C=O) groups is 1. The number of aryl methyl sites for hydroxylation is 1. The Kier molecular flexibility index (Phi) is 8.85. The summed E-state index contributed by atoms with van der Waals surface area (Å²) in [6, 6.07) is 16.7. The van der Waals surface area contributed by atoms with Crippen molar-refractivity contribution in [3.05, 3.63) is 83.4 Å². The fraction of sp³-hybridized carbons (Fsp3) is 0.276. The third-order valence-corrected chi connectivity index (χ3v) is 8.28. The Bertz CT molecular complexity index is 1690. The maximum absolute atomic E-state index is 13.6. The Hall–Kier alpha value is -4.03. The lowest BCUT2D eigenvalue weighted by Gasteiger charge is -2.29. The largest absolute Gasteiger partial charge is 0.491 e. The third-order valence-electron chi connectivity index (χ3n) is 6.62. The van der Waals surface area contributed by atoms with Gasteiger partial charge in [0.25, 0.3) is 16.0 Å². The molecule has 1 aliphatic rings. The molecule has 0 aliphatic carbocycles. The SMILES string of the molecule is Cc1ccc(S(=O)(=O)OC[C@H](O)COc2ccc(N3C(=S)N(c4ccc(C#N)c(C(F)(F)F)c4)C(=O)C3(C)C)cc2)cc1. The van der Waals surface area contributed by atoms with Crippen LogP contribution in [0.4, 0.5) is 24.5 Å². The monoisotopic (exact) mass is 633 g/mol. The summed E-state index contributed by atoms with van der Waals surface area (Å²) in [5.74, 6) is -0.267. The highest BCUT2D eigenvalue weighted by Crippen LogP contribution is 2.40. The molecule has 0 saturated carbocycles. The van der Waals surface area contributed by atoms with E-state index in [0.29, 0.717) is 11.4 Å². The van der Waals surface area contributed by atoms with E-state index in [1.54, 1.807) is 38.1 Å². The molecule has 0 unspecified atom stereocenters. The van der Waals surface area contributed by atoms with Crippen LogP contribution in [0, 0.1) is 18.3 Å². The number of aliphatic hydroxyl groups is 1. The predicted octanol–water partition coefficient (Wildman–Crippen LogP) is 4.95. The van der Waals surface area contributed by atoms with Crippen molar-refractivity contribution in [2.75, 3.05) is 23.0 Å². The van der Waals surface area contributed by atoms with E-state index in [0.717, 1.165) is 22.6 Å². The van der Waals surface area contributed by atoms with E-state index >= 15 is 0 Å². The van der Waals surface area contributed by atoms with Gasteiger partial charge in [-0.2, -0.15) is 26.9 Å². The number of aliphatic hydroxyl groups excluding tert-OH is 1. The number of alkyl halides is 3. The van der Waals surface area contributed by atoms with E-state index in [4.69, 9.17) is 26.4 Å². The number of benzene rings is 3. The Morgan fingerprint density at radius 1 is 1.02 bits per heavy atom. The maximum atomic E-state index is 13.6. The van der Waals surface area contributed by atoms with Gasteiger partial charge in [0, 0.05) is 5.69 Å². The summed E-state index contributed by atoms with van der Waals surface area (Å²) in [7, 11) is -4.06. The highest BCUT2D eigenvalue weighted by Gasteiger charge is 2.50. The molecule has 14 heteroatoms. The lowest BCUT2D eigenvalue weighted by molar-refractivity contribution is -0.137. The smallest absolute Gasteiger partial charge is 0.417 e. The number of thiocarbonyl (C=S) groups is 1. The van der Waals surface area contributed by atoms with E-state index in [1.807, 2.05) is 6.92 Å². The summed E-state index contributed by atoms with van der Waals surface area (Å²) >= 11 is 5.53. The number of amides is 1. The number of carbonyl (C=O) groups excluding carboxylic acids is 1. The van der Waals surface area contributed by atoms with Gasteiger partial charge in [-0.15, -0.1) is 0 Å². The molecule has 1 saturated heterocycles. The van der Waals surface area contributed by atoms with Gasteiger partial charge < -0.3 is 14.7 Å². The number of rotatable bonds is 9. The highest BCUT2D eigenvalue weighted by molar-refractivity contribution is 7.86. The number of halogens is 3. The van der Waals surface area contributed by atoms with Crippen LogP contribution >= 0.6 is 12.2 Å². The molecule has 4 rings (SSSR count). The molecule has 3 aromatic carbocycles. The second kappa shape index (κ2) is 11.9. The average molecular weight is 634 g/mol. The molecule has 1 heterocycles. The first kappa shape index (κ1) is 31.9. The molecule has 226 valence electrons. The molecule has 43 heavy (non-hydrogen) atoms. The number of hydrogen-bond acceptors (Lipinski definition) is 8. The molecule has 1 atom stereocenters. The molecule has 0 bridgehead atoms. The minimum atomic E-state index is -4.81. The van der Waals surface area contributed by atoms with Crippen LogP contribution in [0.5, 0.6) is 5.75 Å². The predicted molar refractivity (Wildman–Crippen MR) is 155 cm³/mol. The summed E-state index contributed by atoms with van der Waals surface area (Å²) in [5, 5.41) is 19.2. The summed E-state index contributed by atoms with van der Waals surface area (Å²) in [5.41, 5.74) is -1.84. The van der Waals surface area contributed by atoms with E-state index < -0.39 is 51.6 Å². The number of nitrogens with zero attached hydrogens (tertiary/aromatic N) is 3. The molecule has 0 spiro atoms. The van der Waals surface area contributed by atoms with Crippen LogP contribution in [0.2, 0.25) is 0 Å². The van der Waals surface area contributed by atoms with Crippen molar-refractivity contribution >= 4 is 44.7 Å². The molecular weight excluding hydrogens is 607 g/mol. The van der Waals surface area contributed by atoms with E-state index in [2.05, 4.69) is 0 Å². The van der Waals surface area contributed by atoms with Crippen LogP contribution in [-0.4, -0.2) is 49.4 Å². The quantitative estimate of drug-likeness (QED) is 0.258. The third kappa shape index (κ3) is 6.65. The second-order valence-corrected chi connectivity index (χ2v) is 12.1. The number of anilines is 2. The molecular formula is C29H26F3N3O6S2. The van der Waals surface area contributed by atoms with Gasteiger partial charge >= 0.3 is 6.18 Å². The van der Waals surface area contributed by atoms with E-state index in [-0.39, 0.29) is 22.3 Å². The molecule has 1 aliphatic heterocycles. The van der Waals surface area contributed by atoms with Crippen molar-refractivity contribution < 1.29 is 40.4 Å². The van der Waals surface area contributed by atoms with Gasteiger partial charge in [0.1, 0.15) is 24.0 Å². The van der Waals surface area contributed by atoms with Crippen molar-refractivity contribution in [1.29, 1.82) is 5.26 Å². The molecule has 0 radical (unpaired) electrons. The molecule has 1 fully saturated rings. The number of nitriles is 1. The highest BCUT2D eigenvalue weighted by atomic mass is 32.2. The van der Waals surface area contributed by atoms with Gasteiger partial charge in [-0.25, -0.2) is 0 Å². The first-order chi connectivity index (χ1) is 20.1. The fourth-order valence-electron chi connectivity index (χ4n) is 4.33. The zero-order chi connectivity index (χ0) is 31.7. The second-order valence-electron chi connectivity index (χ2n) is 10.2. The first-order valence-corrected chi connectivity index (χ1v) is 14.5. The summed E-state index contributed by atoms with van der Waals surface area (Å²) in [4.78, 5) is 15.8. The van der Waals surface area contributed by atoms with Gasteiger partial charge in [-0.3, -0.25) is 13.9 Å². The van der Waals surface area contributed by atoms with E-state index in [1.165, 1.54) is 41.3 Å². The minimum Gasteiger partial charge on any atom is -0.491 e. The minimum absolute atomic E-state index is 0.0402. The summed E-state index contributed by atoms with van der Waals surface area (Å²) < 4.78 is 75.8. The van der Waals surface area contributed by atoms with Gasteiger partial charge in [0.15, 0.2) is 5.11 Å². The maximum Gasteiger partial charge on any atom is 0.417 e. The molecule has 9 nitrogen and oxygen atoms in total.